The lowest BCUT2D eigenvalue weighted by molar-refractivity contribution is -0.139. The standard InChI is InChI=1S/C19H30IN3O7.2C2H6/c1-12(2)17(18(27)21-11-13(3)24)22-15(25)4-6-29-8-9-30-7-5-23-16(26)10-14(20)19(23)28;2*1-2/h12,14,17H,4-11H2,1-3H3,(H,21,27)(H,22,25);2*1-2H3. The molecule has 0 bridgehead atoms. The van der Waals surface area contributed by atoms with Gasteiger partial charge in [-0.3, -0.25) is 28.9 Å². The van der Waals surface area contributed by atoms with E-state index < -0.39 is 11.9 Å². The zero-order valence-electron chi connectivity index (χ0n) is 21.6. The summed E-state index contributed by atoms with van der Waals surface area (Å²) in [6, 6.07) is -0.724. The molecule has 0 spiro atoms. The first-order valence-electron chi connectivity index (χ1n) is 11.8. The molecule has 0 aromatic carbocycles. The monoisotopic (exact) mass is 599 g/mol. The number of hydrogen-bond acceptors (Lipinski definition) is 7. The predicted octanol–water partition coefficient (Wildman–Crippen LogP) is 1.87. The Balaban J connectivity index is 0. The second-order valence-electron chi connectivity index (χ2n) is 7.24. The molecule has 0 aliphatic carbocycles. The molecule has 0 radical (unpaired) electrons. The summed E-state index contributed by atoms with van der Waals surface area (Å²) in [6.07, 6.45) is 0.317. The van der Waals surface area contributed by atoms with Crippen LogP contribution in [0.2, 0.25) is 0 Å². The van der Waals surface area contributed by atoms with E-state index in [0.29, 0.717) is 0 Å². The van der Waals surface area contributed by atoms with Crippen LogP contribution < -0.4 is 10.6 Å². The van der Waals surface area contributed by atoms with Gasteiger partial charge in [-0.1, -0.05) is 64.1 Å². The van der Waals surface area contributed by atoms with Gasteiger partial charge in [-0.2, -0.15) is 0 Å². The average Bonchev–Trinajstić information content (AvgIpc) is 3.05. The number of Topliss-reactive ketones (excluding diaryl/α,β-unsaturated/α-hetero) is 1. The van der Waals surface area contributed by atoms with E-state index in [1.807, 2.05) is 50.3 Å². The third kappa shape index (κ3) is 14.6. The van der Waals surface area contributed by atoms with Gasteiger partial charge in [-0.25, -0.2) is 0 Å². The van der Waals surface area contributed by atoms with Crippen LogP contribution >= 0.6 is 22.6 Å². The van der Waals surface area contributed by atoms with Crippen molar-refractivity contribution in [2.45, 2.75) is 71.3 Å². The Bertz CT molecular complexity index is 644. The second kappa shape index (κ2) is 20.7. The number of alkyl halides is 1. The van der Waals surface area contributed by atoms with E-state index in [1.54, 1.807) is 13.8 Å². The number of carbonyl (C=O) groups is 5. The molecule has 1 aliphatic heterocycles. The number of nitrogens with zero attached hydrogens (tertiary/aromatic N) is 1. The summed E-state index contributed by atoms with van der Waals surface area (Å²) < 4.78 is 10.4. The van der Waals surface area contributed by atoms with Gasteiger partial charge >= 0.3 is 0 Å². The van der Waals surface area contributed by atoms with Gasteiger partial charge in [-0.05, 0) is 12.8 Å². The minimum atomic E-state index is -0.724. The molecule has 2 N–H and O–H groups in total. The first-order valence-corrected chi connectivity index (χ1v) is 13.1. The number of nitrogens with one attached hydrogen (secondary N) is 2. The number of hydrogen-bond donors (Lipinski definition) is 2. The van der Waals surface area contributed by atoms with Crippen LogP contribution in [0.3, 0.4) is 0 Å². The molecule has 2 unspecified atom stereocenters. The van der Waals surface area contributed by atoms with E-state index in [9.17, 15) is 24.0 Å². The van der Waals surface area contributed by atoms with Crippen molar-refractivity contribution < 1.29 is 33.4 Å². The van der Waals surface area contributed by atoms with Crippen molar-refractivity contribution in [3.05, 3.63) is 0 Å². The molecule has 0 aromatic heterocycles. The molecule has 1 saturated heterocycles. The number of amides is 4. The molecule has 4 amide bonds. The molecule has 1 fully saturated rings. The van der Waals surface area contributed by atoms with Crippen molar-refractivity contribution in [2.75, 3.05) is 39.5 Å². The molecular formula is C23H42IN3O7. The van der Waals surface area contributed by atoms with Crippen molar-refractivity contribution in [3.63, 3.8) is 0 Å². The highest BCUT2D eigenvalue weighted by atomic mass is 127. The first kappa shape index (κ1) is 34.6. The molecule has 0 aromatic rings. The normalized spacial score (nSPS) is 15.7. The highest BCUT2D eigenvalue weighted by molar-refractivity contribution is 14.1. The number of ether oxygens (including phenoxy) is 2. The van der Waals surface area contributed by atoms with Gasteiger partial charge in [0.25, 0.3) is 0 Å². The van der Waals surface area contributed by atoms with Gasteiger partial charge < -0.3 is 20.1 Å². The summed E-state index contributed by atoms with van der Waals surface area (Å²) >= 11 is 1.96. The number of rotatable bonds is 14. The summed E-state index contributed by atoms with van der Waals surface area (Å²) in [5, 5.41) is 5.15. The van der Waals surface area contributed by atoms with Gasteiger partial charge in [0.05, 0.1) is 43.4 Å². The van der Waals surface area contributed by atoms with Gasteiger partial charge in [0.15, 0.2) is 0 Å². The molecule has 1 rings (SSSR count). The largest absolute Gasteiger partial charge is 0.379 e. The van der Waals surface area contributed by atoms with E-state index in [-0.39, 0.29) is 85.7 Å². The topological polar surface area (TPSA) is 131 Å². The minimum Gasteiger partial charge on any atom is -0.379 e. The van der Waals surface area contributed by atoms with Crippen molar-refractivity contribution >= 4 is 52.0 Å². The number of halogens is 1. The number of likely N-dealkylation sites (tertiary alicyclic amines) is 1. The maximum Gasteiger partial charge on any atom is 0.243 e. The Morgan fingerprint density at radius 1 is 1.03 bits per heavy atom. The van der Waals surface area contributed by atoms with E-state index >= 15 is 0 Å². The van der Waals surface area contributed by atoms with Gasteiger partial charge in [0.2, 0.25) is 23.6 Å². The SMILES string of the molecule is CC.CC.CC(=O)CNC(=O)C(NC(=O)CCOCCOCCN1C(=O)CC(I)C1=O)C(C)C. The molecule has 0 saturated carbocycles. The predicted molar refractivity (Wildman–Crippen MR) is 139 cm³/mol. The Labute approximate surface area is 217 Å². The van der Waals surface area contributed by atoms with E-state index in [1.165, 1.54) is 11.8 Å². The molecular weight excluding hydrogens is 557 g/mol. The highest BCUT2D eigenvalue weighted by Crippen LogP contribution is 2.19. The third-order valence-corrected chi connectivity index (χ3v) is 5.24. The van der Waals surface area contributed by atoms with Crippen LogP contribution in [0.1, 0.15) is 61.3 Å². The van der Waals surface area contributed by atoms with Crippen LogP contribution in [-0.4, -0.2) is 83.8 Å². The van der Waals surface area contributed by atoms with Crippen molar-refractivity contribution in [1.29, 1.82) is 0 Å². The van der Waals surface area contributed by atoms with Crippen molar-refractivity contribution in [1.82, 2.24) is 15.5 Å². The fourth-order valence-corrected chi connectivity index (χ4v) is 3.34. The van der Waals surface area contributed by atoms with Crippen molar-refractivity contribution in [3.8, 4) is 0 Å². The number of ketones is 1. The minimum absolute atomic E-state index is 0.0697. The Hall–Kier alpha value is -1.60. The molecule has 1 aliphatic rings. The van der Waals surface area contributed by atoms with Crippen LogP contribution in [0.5, 0.6) is 0 Å². The lowest BCUT2D eigenvalue weighted by Crippen LogP contribution is -2.50. The van der Waals surface area contributed by atoms with Crippen molar-refractivity contribution in [2.24, 2.45) is 5.92 Å². The van der Waals surface area contributed by atoms with Gasteiger partial charge in [0.1, 0.15) is 11.8 Å². The summed E-state index contributed by atoms with van der Waals surface area (Å²) in [5.41, 5.74) is 0. The van der Waals surface area contributed by atoms with Gasteiger partial charge in [0, 0.05) is 12.8 Å². The van der Waals surface area contributed by atoms with Crippen LogP contribution in [0.4, 0.5) is 0 Å². The fourth-order valence-electron chi connectivity index (χ4n) is 2.62. The number of imide groups is 1. The first-order chi connectivity index (χ1) is 16.1. The molecule has 34 heavy (non-hydrogen) atoms. The van der Waals surface area contributed by atoms with Crippen LogP contribution in [0.25, 0.3) is 0 Å². The molecule has 1 heterocycles. The van der Waals surface area contributed by atoms with Gasteiger partial charge in [-0.15, -0.1) is 0 Å². The van der Waals surface area contributed by atoms with Crippen LogP contribution in [0, 0.1) is 5.92 Å². The van der Waals surface area contributed by atoms with E-state index in [2.05, 4.69) is 10.6 Å². The zero-order valence-corrected chi connectivity index (χ0v) is 23.7. The van der Waals surface area contributed by atoms with E-state index in [4.69, 9.17) is 9.47 Å². The maximum atomic E-state index is 12.1. The van der Waals surface area contributed by atoms with Crippen LogP contribution in [0.15, 0.2) is 0 Å². The maximum absolute atomic E-state index is 12.1. The highest BCUT2D eigenvalue weighted by Gasteiger charge is 2.36. The molecule has 11 heteroatoms. The quantitative estimate of drug-likeness (QED) is 0.135. The summed E-state index contributed by atoms with van der Waals surface area (Å²) in [4.78, 5) is 59.7. The average molecular weight is 600 g/mol. The zero-order chi connectivity index (χ0) is 26.7. The fraction of sp³-hybridized carbons (Fsp3) is 0.783. The Morgan fingerprint density at radius 2 is 1.59 bits per heavy atom. The Morgan fingerprint density at radius 3 is 2.06 bits per heavy atom. The molecule has 2 atom stereocenters. The molecule has 10 nitrogen and oxygen atoms in total. The van der Waals surface area contributed by atoms with Crippen LogP contribution in [-0.2, 0) is 33.4 Å². The van der Waals surface area contributed by atoms with E-state index in [0.717, 1.165) is 0 Å². The Kier molecular flexibility index (Phi) is 21.1. The smallest absolute Gasteiger partial charge is 0.243 e. The lowest BCUT2D eigenvalue weighted by Gasteiger charge is -2.21. The summed E-state index contributed by atoms with van der Waals surface area (Å²) in [7, 11) is 0. The number of carbonyl (C=O) groups excluding carboxylic acids is 5. The second-order valence-corrected chi connectivity index (χ2v) is 8.74. The molecule has 198 valence electrons. The lowest BCUT2D eigenvalue weighted by atomic mass is 10.0. The summed E-state index contributed by atoms with van der Waals surface area (Å²) in [5.74, 6) is -1.38. The third-order valence-electron chi connectivity index (χ3n) is 4.27. The summed E-state index contributed by atoms with van der Waals surface area (Å²) in [6.45, 7) is 14.1.